The zero-order valence-electron chi connectivity index (χ0n) is 13.4. The second-order valence-corrected chi connectivity index (χ2v) is 6.94. The molecule has 26 heavy (non-hydrogen) atoms. The Morgan fingerprint density at radius 1 is 1.19 bits per heavy atom. The van der Waals surface area contributed by atoms with Crippen molar-refractivity contribution in [3.8, 4) is 0 Å². The predicted molar refractivity (Wildman–Crippen MR) is 104 cm³/mol. The van der Waals surface area contributed by atoms with Crippen molar-refractivity contribution >= 4 is 52.3 Å². The van der Waals surface area contributed by atoms with Gasteiger partial charge >= 0.3 is 5.97 Å². The van der Waals surface area contributed by atoms with Crippen LogP contribution in [0.5, 0.6) is 0 Å². The number of halogens is 1. The first-order valence-electron chi connectivity index (χ1n) is 7.69. The van der Waals surface area contributed by atoms with Crippen molar-refractivity contribution in [1.29, 1.82) is 0 Å². The summed E-state index contributed by atoms with van der Waals surface area (Å²) in [5.74, 6) is -1.36. The molecule has 0 saturated carbocycles. The summed E-state index contributed by atoms with van der Waals surface area (Å²) < 4.78 is 0. The van der Waals surface area contributed by atoms with E-state index in [0.717, 1.165) is 11.8 Å². The lowest BCUT2D eigenvalue weighted by atomic mass is 10.2. The van der Waals surface area contributed by atoms with Gasteiger partial charge in [0.25, 0.3) is 0 Å². The molecule has 1 N–H and O–H groups in total. The molecule has 1 aliphatic rings. The van der Waals surface area contributed by atoms with Crippen LogP contribution in [0, 0.1) is 0 Å². The lowest BCUT2D eigenvalue weighted by molar-refractivity contribution is -0.138. The van der Waals surface area contributed by atoms with Gasteiger partial charge in [0, 0.05) is 10.6 Å². The third-order valence-electron chi connectivity index (χ3n) is 3.55. The zero-order chi connectivity index (χ0) is 18.5. The van der Waals surface area contributed by atoms with E-state index in [1.165, 1.54) is 11.1 Å². The summed E-state index contributed by atoms with van der Waals surface area (Å²) in [6.45, 7) is 0. The van der Waals surface area contributed by atoms with Crippen LogP contribution in [-0.4, -0.2) is 33.6 Å². The number of aliphatic carboxylic acids is 1. The van der Waals surface area contributed by atoms with Crippen LogP contribution in [-0.2, 0) is 9.59 Å². The maximum atomic E-state index is 12.6. The normalized spacial score (nSPS) is 18.8. The SMILES string of the molecule is O=C(O)C[C@@H]1S/C(=N/N=C\c2ccccc2Cl)N(c2ccccc2)C1=O. The van der Waals surface area contributed by atoms with E-state index in [9.17, 15) is 9.59 Å². The van der Waals surface area contributed by atoms with E-state index in [1.807, 2.05) is 18.2 Å². The molecule has 6 nitrogen and oxygen atoms in total. The maximum Gasteiger partial charge on any atom is 0.305 e. The molecule has 2 aromatic rings. The molecule has 8 heteroatoms. The molecule has 1 fully saturated rings. The van der Waals surface area contributed by atoms with Crippen LogP contribution >= 0.6 is 23.4 Å². The number of carboxylic acids is 1. The number of amidine groups is 1. The molecular weight excluding hydrogens is 374 g/mol. The Balaban J connectivity index is 1.90. The number of nitrogens with zero attached hydrogens (tertiary/aromatic N) is 3. The summed E-state index contributed by atoms with van der Waals surface area (Å²) in [6, 6.07) is 16.1. The highest BCUT2D eigenvalue weighted by atomic mass is 35.5. The summed E-state index contributed by atoms with van der Waals surface area (Å²) in [4.78, 5) is 25.0. The quantitative estimate of drug-likeness (QED) is 0.627. The first-order valence-corrected chi connectivity index (χ1v) is 8.95. The van der Waals surface area contributed by atoms with Gasteiger partial charge in [0.05, 0.1) is 18.3 Å². The second kappa shape index (κ2) is 8.16. The maximum absolute atomic E-state index is 12.6. The van der Waals surface area contributed by atoms with Gasteiger partial charge in [-0.25, -0.2) is 0 Å². The Bertz CT molecular complexity index is 886. The van der Waals surface area contributed by atoms with E-state index in [1.54, 1.807) is 36.4 Å². The number of thioether (sulfide) groups is 1. The summed E-state index contributed by atoms with van der Waals surface area (Å²) in [7, 11) is 0. The first kappa shape index (κ1) is 18.2. The third-order valence-corrected chi connectivity index (χ3v) is 5.03. The minimum atomic E-state index is -1.04. The standard InChI is InChI=1S/C18H14ClN3O3S/c19-14-9-5-4-6-12(14)11-20-21-18-22(13-7-2-1-3-8-13)17(25)15(26-18)10-16(23)24/h1-9,11,15H,10H2,(H,23,24)/b20-11-,21-18+/t15-/m0/s1. The van der Waals surface area contributed by atoms with Crippen molar-refractivity contribution in [2.45, 2.75) is 11.7 Å². The smallest absolute Gasteiger partial charge is 0.305 e. The van der Waals surface area contributed by atoms with Crippen molar-refractivity contribution in [3.63, 3.8) is 0 Å². The van der Waals surface area contributed by atoms with E-state index in [-0.39, 0.29) is 12.3 Å². The zero-order valence-corrected chi connectivity index (χ0v) is 15.0. The average Bonchev–Trinajstić information content (AvgIpc) is 2.92. The highest BCUT2D eigenvalue weighted by molar-refractivity contribution is 8.16. The monoisotopic (exact) mass is 387 g/mol. The Kier molecular flexibility index (Phi) is 5.70. The average molecular weight is 388 g/mol. The number of anilines is 1. The lowest BCUT2D eigenvalue weighted by Gasteiger charge is -2.15. The summed E-state index contributed by atoms with van der Waals surface area (Å²) in [5.41, 5.74) is 1.31. The van der Waals surface area contributed by atoms with Crippen molar-refractivity contribution < 1.29 is 14.7 Å². The topological polar surface area (TPSA) is 82.3 Å². The fraction of sp³-hybridized carbons (Fsp3) is 0.111. The third kappa shape index (κ3) is 4.12. The van der Waals surface area contributed by atoms with E-state index in [4.69, 9.17) is 16.7 Å². The van der Waals surface area contributed by atoms with Crippen molar-refractivity contribution in [1.82, 2.24) is 0 Å². The molecule has 3 rings (SSSR count). The van der Waals surface area contributed by atoms with Gasteiger partial charge in [-0.3, -0.25) is 14.5 Å². The molecular formula is C18H14ClN3O3S. The molecule has 132 valence electrons. The Labute approximate surface area is 159 Å². The lowest BCUT2D eigenvalue weighted by Crippen LogP contribution is -2.32. The van der Waals surface area contributed by atoms with Gasteiger partial charge in [0.2, 0.25) is 5.91 Å². The van der Waals surface area contributed by atoms with E-state index >= 15 is 0 Å². The van der Waals surface area contributed by atoms with Crippen LogP contribution in [0.2, 0.25) is 5.02 Å². The fourth-order valence-electron chi connectivity index (χ4n) is 2.36. The van der Waals surface area contributed by atoms with Gasteiger partial charge in [-0.1, -0.05) is 59.8 Å². The first-order chi connectivity index (χ1) is 12.6. The number of amides is 1. The van der Waals surface area contributed by atoms with Gasteiger partial charge in [-0.2, -0.15) is 5.10 Å². The van der Waals surface area contributed by atoms with Crippen LogP contribution in [0.4, 0.5) is 5.69 Å². The van der Waals surface area contributed by atoms with E-state index in [2.05, 4.69) is 10.2 Å². The van der Waals surface area contributed by atoms with Gasteiger partial charge in [-0.05, 0) is 18.2 Å². The second-order valence-electron chi connectivity index (χ2n) is 5.36. The molecule has 0 radical (unpaired) electrons. The Hall–Kier alpha value is -2.64. The van der Waals surface area contributed by atoms with Crippen LogP contribution in [0.1, 0.15) is 12.0 Å². The Morgan fingerprint density at radius 2 is 1.88 bits per heavy atom. The number of rotatable bonds is 5. The minimum Gasteiger partial charge on any atom is -0.481 e. The van der Waals surface area contributed by atoms with E-state index in [0.29, 0.717) is 21.4 Å². The predicted octanol–water partition coefficient (Wildman–Crippen LogP) is 3.65. The fourth-order valence-corrected chi connectivity index (χ4v) is 3.63. The molecule has 0 unspecified atom stereocenters. The van der Waals surface area contributed by atoms with Gasteiger partial charge < -0.3 is 5.11 Å². The summed E-state index contributed by atoms with van der Waals surface area (Å²) in [5, 5.41) is 17.3. The molecule has 0 spiro atoms. The largest absolute Gasteiger partial charge is 0.481 e. The van der Waals surface area contributed by atoms with Crippen LogP contribution in [0.25, 0.3) is 0 Å². The molecule has 0 bridgehead atoms. The van der Waals surface area contributed by atoms with Crippen LogP contribution < -0.4 is 4.90 Å². The summed E-state index contributed by atoms with van der Waals surface area (Å²) >= 11 is 7.16. The number of benzene rings is 2. The molecule has 2 aromatic carbocycles. The molecule has 0 aliphatic carbocycles. The highest BCUT2D eigenvalue weighted by Gasteiger charge is 2.40. The van der Waals surface area contributed by atoms with Crippen molar-refractivity contribution in [2.75, 3.05) is 4.90 Å². The number of hydrogen-bond donors (Lipinski definition) is 1. The Morgan fingerprint density at radius 3 is 2.58 bits per heavy atom. The molecule has 1 heterocycles. The molecule has 1 atom stereocenters. The highest BCUT2D eigenvalue weighted by Crippen LogP contribution is 2.33. The van der Waals surface area contributed by atoms with Gasteiger partial charge in [0.1, 0.15) is 5.25 Å². The summed E-state index contributed by atoms with van der Waals surface area (Å²) in [6.07, 6.45) is 1.22. The van der Waals surface area contributed by atoms with Gasteiger partial charge in [0.15, 0.2) is 5.17 Å². The number of carboxylic acid groups (broad SMARTS) is 1. The number of para-hydroxylation sites is 1. The molecule has 1 saturated heterocycles. The molecule has 1 aliphatic heterocycles. The van der Waals surface area contributed by atoms with Crippen molar-refractivity contribution in [3.05, 3.63) is 65.2 Å². The molecule has 0 aromatic heterocycles. The molecule has 1 amide bonds. The van der Waals surface area contributed by atoms with Gasteiger partial charge in [-0.15, -0.1) is 5.10 Å². The number of carbonyl (C=O) groups excluding carboxylic acids is 1. The number of hydrogen-bond acceptors (Lipinski definition) is 5. The minimum absolute atomic E-state index is 0.278. The van der Waals surface area contributed by atoms with E-state index < -0.39 is 11.2 Å². The van der Waals surface area contributed by atoms with Crippen LogP contribution in [0.3, 0.4) is 0 Å². The number of carbonyl (C=O) groups is 2. The van der Waals surface area contributed by atoms with Crippen molar-refractivity contribution in [2.24, 2.45) is 10.2 Å². The van der Waals surface area contributed by atoms with Crippen LogP contribution in [0.15, 0.2) is 64.8 Å².